The Kier molecular flexibility index (Phi) is 5.73. The molecule has 32 heavy (non-hydrogen) atoms. The Morgan fingerprint density at radius 2 is 1.72 bits per heavy atom. The number of nitriles is 1. The number of nitrogens with one attached hydrogen (secondary N) is 1. The molecule has 1 atom stereocenters. The van der Waals surface area contributed by atoms with Crippen molar-refractivity contribution in [3.8, 4) is 29.0 Å². The molecule has 0 aliphatic carbocycles. The van der Waals surface area contributed by atoms with Crippen molar-refractivity contribution in [2.24, 2.45) is 0 Å². The third-order valence-electron chi connectivity index (χ3n) is 4.76. The molecule has 0 saturated heterocycles. The van der Waals surface area contributed by atoms with Gasteiger partial charge in [0.25, 0.3) is 5.91 Å². The maximum Gasteiger partial charge on any atom is 0.252 e. The number of aromatic nitrogens is 2. The van der Waals surface area contributed by atoms with Crippen LogP contribution in [0.1, 0.15) is 27.5 Å². The highest BCUT2D eigenvalue weighted by Gasteiger charge is 2.19. The Bertz CT molecular complexity index is 1330. The van der Waals surface area contributed by atoms with Crippen LogP contribution in [-0.2, 0) is 0 Å². The van der Waals surface area contributed by atoms with Crippen molar-refractivity contribution in [3.63, 3.8) is 0 Å². The summed E-state index contributed by atoms with van der Waals surface area (Å²) in [6.45, 7) is 1.96. The Morgan fingerprint density at radius 1 is 1.00 bits per heavy atom. The van der Waals surface area contributed by atoms with E-state index >= 15 is 0 Å². The van der Waals surface area contributed by atoms with E-state index in [2.05, 4.69) is 15.5 Å². The van der Waals surface area contributed by atoms with Gasteiger partial charge in [0.05, 0.1) is 6.07 Å². The zero-order valence-electron chi connectivity index (χ0n) is 16.8. The molecule has 1 heterocycles. The van der Waals surface area contributed by atoms with Gasteiger partial charge >= 0.3 is 0 Å². The highest BCUT2D eigenvalue weighted by Crippen LogP contribution is 2.25. The van der Waals surface area contributed by atoms with E-state index in [0.717, 1.165) is 23.3 Å². The summed E-state index contributed by atoms with van der Waals surface area (Å²) in [5, 5.41) is 19.9. The van der Waals surface area contributed by atoms with Gasteiger partial charge in [-0.3, -0.25) is 4.79 Å². The third kappa shape index (κ3) is 4.37. The lowest BCUT2D eigenvalue weighted by Crippen LogP contribution is -2.28. The van der Waals surface area contributed by atoms with Crippen molar-refractivity contribution in [1.82, 2.24) is 15.5 Å². The van der Waals surface area contributed by atoms with Gasteiger partial charge in [0.2, 0.25) is 11.8 Å². The lowest BCUT2D eigenvalue weighted by Gasteiger charge is -2.13. The Morgan fingerprint density at radius 3 is 2.38 bits per heavy atom. The molecule has 0 fully saturated rings. The smallest absolute Gasteiger partial charge is 0.252 e. The number of nitrogens with zero attached hydrogens (tertiary/aromatic N) is 3. The van der Waals surface area contributed by atoms with Gasteiger partial charge in [0.1, 0.15) is 17.7 Å². The van der Waals surface area contributed by atoms with Gasteiger partial charge in [-0.15, -0.1) is 10.2 Å². The van der Waals surface area contributed by atoms with E-state index in [9.17, 15) is 18.8 Å². The van der Waals surface area contributed by atoms with Gasteiger partial charge in [0, 0.05) is 28.3 Å². The lowest BCUT2D eigenvalue weighted by atomic mass is 10.1. The monoisotopic (exact) mass is 430 g/mol. The molecule has 3 aromatic carbocycles. The summed E-state index contributed by atoms with van der Waals surface area (Å²) in [6.07, 6.45) is 0. The predicted molar refractivity (Wildman–Crippen MR) is 112 cm³/mol. The normalized spacial score (nSPS) is 11.6. The zero-order valence-corrected chi connectivity index (χ0v) is 16.8. The topological polar surface area (TPSA) is 91.8 Å². The third-order valence-corrected chi connectivity index (χ3v) is 4.76. The minimum atomic E-state index is -1.27. The van der Waals surface area contributed by atoms with Crippen LogP contribution in [0.5, 0.6) is 0 Å². The molecule has 0 aliphatic heterocycles. The number of halogens is 2. The predicted octanol–water partition coefficient (Wildman–Crippen LogP) is 4.98. The fourth-order valence-electron chi connectivity index (χ4n) is 3.13. The van der Waals surface area contributed by atoms with Crippen molar-refractivity contribution < 1.29 is 18.0 Å². The number of benzene rings is 3. The van der Waals surface area contributed by atoms with Crippen LogP contribution >= 0.6 is 0 Å². The van der Waals surface area contributed by atoms with Gasteiger partial charge in [-0.25, -0.2) is 8.78 Å². The van der Waals surface area contributed by atoms with Crippen molar-refractivity contribution in [2.75, 3.05) is 0 Å². The van der Waals surface area contributed by atoms with Crippen molar-refractivity contribution in [2.45, 2.75) is 13.0 Å². The van der Waals surface area contributed by atoms with E-state index in [1.54, 1.807) is 12.1 Å². The van der Waals surface area contributed by atoms with Crippen molar-refractivity contribution in [1.29, 1.82) is 5.26 Å². The van der Waals surface area contributed by atoms with Crippen LogP contribution in [0.15, 0.2) is 71.1 Å². The second kappa shape index (κ2) is 8.78. The number of aryl methyl sites for hydroxylation is 1. The van der Waals surface area contributed by atoms with Crippen LogP contribution < -0.4 is 5.32 Å². The first kappa shape index (κ1) is 20.9. The summed E-state index contributed by atoms with van der Waals surface area (Å²) in [4.78, 5) is 12.5. The quantitative estimate of drug-likeness (QED) is 0.482. The van der Waals surface area contributed by atoms with Crippen LogP contribution in [0.25, 0.3) is 22.9 Å². The van der Waals surface area contributed by atoms with E-state index in [0.29, 0.717) is 17.5 Å². The molecule has 4 aromatic rings. The molecular weight excluding hydrogens is 414 g/mol. The van der Waals surface area contributed by atoms with E-state index in [1.165, 1.54) is 12.1 Å². The largest absolute Gasteiger partial charge is 0.416 e. The van der Waals surface area contributed by atoms with E-state index in [4.69, 9.17) is 4.42 Å². The minimum absolute atomic E-state index is 0.117. The van der Waals surface area contributed by atoms with E-state index in [1.807, 2.05) is 37.3 Å². The molecule has 158 valence electrons. The molecule has 1 aromatic heterocycles. The first-order chi connectivity index (χ1) is 15.4. The highest BCUT2D eigenvalue weighted by molar-refractivity contribution is 5.95. The Balaban J connectivity index is 1.50. The molecule has 1 amide bonds. The molecule has 0 spiro atoms. The molecule has 4 rings (SSSR count). The highest BCUT2D eigenvalue weighted by atomic mass is 19.1. The lowest BCUT2D eigenvalue weighted by molar-refractivity contribution is 0.0944. The maximum atomic E-state index is 14.0. The summed E-state index contributed by atoms with van der Waals surface area (Å²) >= 11 is 0. The van der Waals surface area contributed by atoms with Gasteiger partial charge < -0.3 is 9.73 Å². The maximum absolute atomic E-state index is 14.0. The van der Waals surface area contributed by atoms with Crippen LogP contribution in [-0.4, -0.2) is 16.1 Å². The standard InChI is InChI=1S/C24H16F2N4O2/c1-14-3-2-4-17(11-14)24-30-29-23(32-24)16-7-5-15(6-8-16)22(31)28-21(13-27)19-10-9-18(25)12-20(19)26/h2-12,21H,1H3,(H,28,31). The summed E-state index contributed by atoms with van der Waals surface area (Å²) in [5.74, 6) is -1.59. The average Bonchev–Trinajstić information content (AvgIpc) is 3.28. The number of carbonyl (C=O) groups excluding carboxylic acids is 1. The molecule has 0 radical (unpaired) electrons. The summed E-state index contributed by atoms with van der Waals surface area (Å²) in [6, 6.07) is 17.3. The van der Waals surface area contributed by atoms with Crippen molar-refractivity contribution >= 4 is 5.91 Å². The first-order valence-electron chi connectivity index (χ1n) is 9.61. The van der Waals surface area contributed by atoms with Crippen molar-refractivity contribution in [3.05, 3.63) is 95.1 Å². The average molecular weight is 430 g/mol. The van der Waals surface area contributed by atoms with E-state index < -0.39 is 23.6 Å². The van der Waals surface area contributed by atoms with E-state index in [-0.39, 0.29) is 17.0 Å². The minimum Gasteiger partial charge on any atom is -0.416 e. The number of amides is 1. The second-order valence-electron chi connectivity index (χ2n) is 7.06. The second-order valence-corrected chi connectivity index (χ2v) is 7.06. The number of rotatable bonds is 5. The molecule has 0 bridgehead atoms. The zero-order chi connectivity index (χ0) is 22.7. The molecule has 1 unspecified atom stereocenters. The molecule has 6 nitrogen and oxygen atoms in total. The van der Waals surface area contributed by atoms with Gasteiger partial charge in [-0.05, 0) is 49.4 Å². The molecule has 0 aliphatic rings. The fraction of sp³-hybridized carbons (Fsp3) is 0.0833. The summed E-state index contributed by atoms with van der Waals surface area (Å²) in [5.41, 5.74) is 2.60. The SMILES string of the molecule is Cc1cccc(-c2nnc(-c3ccc(C(=O)NC(C#N)c4ccc(F)cc4F)cc3)o2)c1. The van der Waals surface area contributed by atoms with Gasteiger partial charge in [-0.1, -0.05) is 23.8 Å². The van der Waals surface area contributed by atoms with Crippen LogP contribution in [0.3, 0.4) is 0 Å². The fourth-order valence-corrected chi connectivity index (χ4v) is 3.13. The Hall–Kier alpha value is -4.38. The molecule has 0 saturated carbocycles. The van der Waals surface area contributed by atoms with Crippen LogP contribution in [0.4, 0.5) is 8.78 Å². The number of hydrogen-bond donors (Lipinski definition) is 1. The van der Waals surface area contributed by atoms with Crippen LogP contribution in [0, 0.1) is 29.9 Å². The van der Waals surface area contributed by atoms with Gasteiger partial charge in [-0.2, -0.15) is 5.26 Å². The molecular formula is C24H16F2N4O2. The summed E-state index contributed by atoms with van der Waals surface area (Å²) < 4.78 is 32.8. The first-order valence-corrected chi connectivity index (χ1v) is 9.61. The van der Waals surface area contributed by atoms with Crippen LogP contribution in [0.2, 0.25) is 0 Å². The molecule has 1 N–H and O–H groups in total. The number of carbonyl (C=O) groups is 1. The number of hydrogen-bond acceptors (Lipinski definition) is 5. The molecule has 8 heteroatoms. The summed E-state index contributed by atoms with van der Waals surface area (Å²) in [7, 11) is 0. The Labute approximate surface area is 182 Å². The van der Waals surface area contributed by atoms with Gasteiger partial charge in [0.15, 0.2) is 0 Å².